The zero-order valence-electron chi connectivity index (χ0n) is 15.8. The molecule has 0 aliphatic carbocycles. The number of H-pyrrole nitrogens is 1. The largest absolute Gasteiger partial charge is 0.495 e. The number of halogens is 2. The number of fused-ring (bicyclic) bond motifs is 1. The molecule has 0 amide bonds. The van der Waals surface area contributed by atoms with Gasteiger partial charge in [0.05, 0.1) is 18.9 Å². The van der Waals surface area contributed by atoms with Gasteiger partial charge in [-0.15, -0.1) is 0 Å². The van der Waals surface area contributed by atoms with Gasteiger partial charge in [-0.05, 0) is 30.3 Å². The lowest BCUT2D eigenvalue weighted by molar-refractivity contribution is 0.403. The van der Waals surface area contributed by atoms with Gasteiger partial charge in [0.1, 0.15) is 10.6 Å². The van der Waals surface area contributed by atoms with Gasteiger partial charge in [-0.3, -0.25) is 9.82 Å². The molecule has 8 nitrogen and oxygen atoms in total. The van der Waals surface area contributed by atoms with E-state index in [1.807, 2.05) is 0 Å². The van der Waals surface area contributed by atoms with Crippen LogP contribution >= 0.6 is 11.6 Å². The van der Waals surface area contributed by atoms with Gasteiger partial charge in [0, 0.05) is 28.4 Å². The lowest BCUT2D eigenvalue weighted by atomic mass is 10.2. The first kappa shape index (κ1) is 20.6. The van der Waals surface area contributed by atoms with Gasteiger partial charge in [-0.25, -0.2) is 22.8 Å². The molecule has 0 spiro atoms. The Bertz CT molecular complexity index is 1460. The summed E-state index contributed by atoms with van der Waals surface area (Å²) in [7, 11) is -2.92. The average molecular weight is 458 g/mol. The van der Waals surface area contributed by atoms with E-state index in [4.69, 9.17) is 16.3 Å². The van der Waals surface area contributed by atoms with Crippen LogP contribution in [0, 0.1) is 17.7 Å². The molecular weight excluding hydrogens is 445 g/mol. The van der Waals surface area contributed by atoms with E-state index in [1.165, 1.54) is 43.8 Å². The van der Waals surface area contributed by atoms with Gasteiger partial charge in [-0.1, -0.05) is 23.4 Å². The number of aromatic nitrogens is 4. The minimum Gasteiger partial charge on any atom is -0.495 e. The summed E-state index contributed by atoms with van der Waals surface area (Å²) in [6.07, 6.45) is 4.36. The Morgan fingerprint density at radius 2 is 2.00 bits per heavy atom. The Morgan fingerprint density at radius 3 is 2.81 bits per heavy atom. The molecule has 0 saturated carbocycles. The molecule has 3 aromatic heterocycles. The molecule has 0 aliphatic rings. The van der Waals surface area contributed by atoms with Crippen molar-refractivity contribution in [1.82, 2.24) is 20.2 Å². The van der Waals surface area contributed by atoms with E-state index in [0.29, 0.717) is 11.2 Å². The Balaban J connectivity index is 1.66. The maximum Gasteiger partial charge on any atom is 0.266 e. The molecule has 3 heterocycles. The average Bonchev–Trinajstić information content (AvgIpc) is 3.22. The quantitative estimate of drug-likeness (QED) is 0.455. The molecule has 4 aromatic rings. The van der Waals surface area contributed by atoms with Crippen molar-refractivity contribution in [2.75, 3.05) is 11.8 Å². The number of rotatable bonds is 4. The van der Waals surface area contributed by atoms with Gasteiger partial charge in [0.2, 0.25) is 0 Å². The van der Waals surface area contributed by atoms with Crippen LogP contribution < -0.4 is 9.46 Å². The van der Waals surface area contributed by atoms with Crippen LogP contribution in [0.4, 0.5) is 10.2 Å². The molecule has 0 radical (unpaired) electrons. The van der Waals surface area contributed by atoms with Gasteiger partial charge < -0.3 is 4.74 Å². The second-order valence-corrected chi connectivity index (χ2v) is 8.29. The van der Waals surface area contributed by atoms with E-state index in [2.05, 4.69) is 36.7 Å². The predicted molar refractivity (Wildman–Crippen MR) is 113 cm³/mol. The molecule has 11 heteroatoms. The van der Waals surface area contributed by atoms with E-state index in [1.54, 1.807) is 12.3 Å². The topological polar surface area (TPSA) is 110 Å². The van der Waals surface area contributed by atoms with E-state index >= 15 is 0 Å². The maximum atomic E-state index is 14.9. The minimum atomic E-state index is -4.23. The Labute approximate surface area is 181 Å². The second kappa shape index (κ2) is 8.22. The first-order valence-electron chi connectivity index (χ1n) is 8.69. The monoisotopic (exact) mass is 457 g/mol. The van der Waals surface area contributed by atoms with Crippen LogP contribution in [0.2, 0.25) is 5.02 Å². The number of methoxy groups -OCH3 is 1. The predicted octanol–water partition coefficient (Wildman–Crippen LogP) is 3.35. The standard InChI is InChI=1S/C20H13ClFN5O3S/c1-30-16-5-4-15(21)9-17(16)31(28,29)27-20-18(22)13(6-7-23-20)3-2-12-8-14-11-25-26-19(14)24-10-12/h4-11H,1H3,(H,23,27)(H,24,25,26). The van der Waals surface area contributed by atoms with E-state index in [0.717, 1.165) is 5.39 Å². The molecule has 0 fully saturated rings. The third kappa shape index (κ3) is 4.28. The molecule has 1 aromatic carbocycles. The SMILES string of the molecule is COc1ccc(Cl)cc1S(=O)(=O)Nc1nccc(C#Cc2cnc3[nH]ncc3c2)c1F. The Hall–Kier alpha value is -3.68. The van der Waals surface area contributed by atoms with Gasteiger partial charge in [0.25, 0.3) is 10.0 Å². The van der Waals surface area contributed by atoms with E-state index in [9.17, 15) is 12.8 Å². The van der Waals surface area contributed by atoms with Crippen LogP contribution in [-0.2, 0) is 10.0 Å². The number of nitrogens with zero attached hydrogens (tertiary/aromatic N) is 3. The van der Waals surface area contributed by atoms with E-state index in [-0.39, 0.29) is 21.2 Å². The van der Waals surface area contributed by atoms with Gasteiger partial charge in [0.15, 0.2) is 17.3 Å². The molecule has 156 valence electrons. The number of hydrogen-bond acceptors (Lipinski definition) is 6. The fourth-order valence-electron chi connectivity index (χ4n) is 2.70. The van der Waals surface area contributed by atoms with Crippen LogP contribution in [0.5, 0.6) is 5.75 Å². The van der Waals surface area contributed by atoms with Crippen molar-refractivity contribution in [2.24, 2.45) is 0 Å². The maximum absolute atomic E-state index is 14.9. The summed E-state index contributed by atoms with van der Waals surface area (Å²) in [6.45, 7) is 0. The summed E-state index contributed by atoms with van der Waals surface area (Å²) in [6, 6.07) is 7.15. The third-order valence-electron chi connectivity index (χ3n) is 4.17. The minimum absolute atomic E-state index is 0.0435. The number of benzene rings is 1. The molecule has 0 saturated heterocycles. The molecule has 0 atom stereocenters. The molecular formula is C20H13ClFN5O3S. The van der Waals surface area contributed by atoms with Crippen LogP contribution in [0.25, 0.3) is 11.0 Å². The number of aromatic amines is 1. The van der Waals surface area contributed by atoms with Crippen LogP contribution in [0.15, 0.2) is 53.8 Å². The van der Waals surface area contributed by atoms with Crippen LogP contribution in [-0.4, -0.2) is 35.7 Å². The Morgan fingerprint density at radius 1 is 1.16 bits per heavy atom. The fraction of sp³-hybridized carbons (Fsp3) is 0.0500. The number of anilines is 1. The molecule has 31 heavy (non-hydrogen) atoms. The summed E-state index contributed by atoms with van der Waals surface area (Å²) < 4.78 is 47.6. The highest BCUT2D eigenvalue weighted by molar-refractivity contribution is 7.92. The van der Waals surface area contributed by atoms with Gasteiger partial charge >= 0.3 is 0 Å². The van der Waals surface area contributed by atoms with Crippen molar-refractivity contribution in [3.63, 3.8) is 0 Å². The summed E-state index contributed by atoms with van der Waals surface area (Å²) in [5.74, 6) is 4.09. The van der Waals surface area contributed by atoms with Crippen molar-refractivity contribution in [1.29, 1.82) is 0 Å². The van der Waals surface area contributed by atoms with Crippen molar-refractivity contribution in [2.45, 2.75) is 4.90 Å². The van der Waals surface area contributed by atoms with Gasteiger partial charge in [-0.2, -0.15) is 5.10 Å². The smallest absolute Gasteiger partial charge is 0.266 e. The summed E-state index contributed by atoms with van der Waals surface area (Å²) in [5, 5.41) is 7.53. The molecule has 2 N–H and O–H groups in total. The van der Waals surface area contributed by atoms with Crippen LogP contribution in [0.3, 0.4) is 0 Å². The molecule has 0 bridgehead atoms. The highest BCUT2D eigenvalue weighted by Crippen LogP contribution is 2.29. The van der Waals surface area contributed by atoms with Crippen molar-refractivity contribution >= 4 is 38.5 Å². The number of nitrogens with one attached hydrogen (secondary N) is 2. The first-order valence-corrected chi connectivity index (χ1v) is 10.6. The van der Waals surface area contributed by atoms with E-state index < -0.39 is 21.7 Å². The number of pyridine rings is 2. The van der Waals surface area contributed by atoms with Crippen molar-refractivity contribution in [3.8, 4) is 17.6 Å². The normalized spacial score (nSPS) is 11.1. The summed E-state index contributed by atoms with van der Waals surface area (Å²) in [4.78, 5) is 7.69. The Kier molecular flexibility index (Phi) is 5.46. The number of ether oxygens (including phenoxy) is 1. The molecule has 0 unspecified atom stereocenters. The summed E-state index contributed by atoms with van der Waals surface area (Å²) in [5.41, 5.74) is 1.10. The molecule has 4 rings (SSSR count). The number of hydrogen-bond donors (Lipinski definition) is 2. The number of sulfonamides is 1. The highest BCUT2D eigenvalue weighted by atomic mass is 35.5. The van der Waals surface area contributed by atoms with Crippen molar-refractivity contribution in [3.05, 3.63) is 70.9 Å². The lowest BCUT2D eigenvalue weighted by Crippen LogP contribution is -2.16. The molecule has 0 aliphatic heterocycles. The zero-order chi connectivity index (χ0) is 22.0. The van der Waals surface area contributed by atoms with Crippen LogP contribution in [0.1, 0.15) is 11.1 Å². The zero-order valence-corrected chi connectivity index (χ0v) is 17.4. The third-order valence-corrected chi connectivity index (χ3v) is 5.76. The first-order chi connectivity index (χ1) is 14.9. The lowest BCUT2D eigenvalue weighted by Gasteiger charge is -2.12. The fourth-order valence-corrected chi connectivity index (χ4v) is 4.14. The highest BCUT2D eigenvalue weighted by Gasteiger charge is 2.23. The second-order valence-electron chi connectivity index (χ2n) is 6.20. The van der Waals surface area contributed by atoms with Crippen molar-refractivity contribution < 1.29 is 17.5 Å². The summed E-state index contributed by atoms with van der Waals surface area (Å²) >= 11 is 5.90.